The molecule has 144 valence electrons. The van der Waals surface area contributed by atoms with Crippen LogP contribution in [-0.4, -0.2) is 43.0 Å². The van der Waals surface area contributed by atoms with Crippen molar-refractivity contribution in [2.45, 2.75) is 12.8 Å². The largest absolute Gasteiger partial charge is 0.344 e. The van der Waals surface area contributed by atoms with Crippen molar-refractivity contribution in [2.75, 3.05) is 42.9 Å². The van der Waals surface area contributed by atoms with Crippen molar-refractivity contribution in [3.63, 3.8) is 0 Å². The van der Waals surface area contributed by atoms with Crippen LogP contribution in [0.2, 0.25) is 5.02 Å². The molecule has 1 saturated heterocycles. The van der Waals surface area contributed by atoms with E-state index in [1.54, 1.807) is 16.4 Å². The smallest absolute Gasteiger partial charge is 0.228 e. The number of aromatic nitrogens is 1. The van der Waals surface area contributed by atoms with Crippen LogP contribution in [0.5, 0.6) is 0 Å². The Labute approximate surface area is 173 Å². The molecule has 5 nitrogen and oxygen atoms in total. The number of hydrogen-bond donors (Lipinski definition) is 2. The molecular formula is C21H22ClN4OS+. The molecule has 0 unspecified atom stereocenters. The highest BCUT2D eigenvalue weighted by Gasteiger charge is 2.24. The number of carbonyl (C=O) groups excluding carboxylic acids is 1. The predicted molar refractivity (Wildman–Crippen MR) is 115 cm³/mol. The summed E-state index contributed by atoms with van der Waals surface area (Å²) in [6.45, 7) is 5.33. The van der Waals surface area contributed by atoms with Crippen LogP contribution in [0.3, 0.4) is 0 Å². The van der Waals surface area contributed by atoms with Gasteiger partial charge in [0.25, 0.3) is 0 Å². The molecular weight excluding hydrogens is 392 g/mol. The first-order valence-corrected chi connectivity index (χ1v) is 10.9. The van der Waals surface area contributed by atoms with E-state index < -0.39 is 0 Å². The maximum atomic E-state index is 11.6. The number of piperazine rings is 1. The van der Waals surface area contributed by atoms with Gasteiger partial charge in [0, 0.05) is 22.5 Å². The number of hydrogen-bond acceptors (Lipinski definition) is 4. The number of benzene rings is 2. The highest BCUT2D eigenvalue weighted by molar-refractivity contribution is 7.13. The van der Waals surface area contributed by atoms with Gasteiger partial charge in [0.1, 0.15) is 0 Å². The first kappa shape index (κ1) is 17.9. The molecule has 0 bridgehead atoms. The van der Waals surface area contributed by atoms with Crippen molar-refractivity contribution in [1.29, 1.82) is 0 Å². The third kappa shape index (κ3) is 3.36. The summed E-state index contributed by atoms with van der Waals surface area (Å²) in [5.74, 6) is 1.19. The zero-order valence-electron chi connectivity index (χ0n) is 15.5. The van der Waals surface area contributed by atoms with Crippen LogP contribution in [-0.2, 0) is 17.6 Å². The van der Waals surface area contributed by atoms with Crippen molar-refractivity contribution >= 4 is 50.6 Å². The lowest BCUT2D eigenvalue weighted by Gasteiger charge is -2.32. The lowest BCUT2D eigenvalue weighted by molar-refractivity contribution is -0.900. The van der Waals surface area contributed by atoms with Gasteiger partial charge >= 0.3 is 0 Å². The molecule has 2 aliphatic rings. The van der Waals surface area contributed by atoms with Gasteiger partial charge in [-0.3, -0.25) is 4.79 Å². The monoisotopic (exact) mass is 413 g/mol. The summed E-state index contributed by atoms with van der Waals surface area (Å²) in [5.41, 5.74) is 3.09. The fourth-order valence-electron chi connectivity index (χ4n) is 4.19. The summed E-state index contributed by atoms with van der Waals surface area (Å²) >= 11 is 8.03. The first-order chi connectivity index (χ1) is 13.7. The molecule has 1 aromatic heterocycles. The van der Waals surface area contributed by atoms with Crippen molar-refractivity contribution in [3.8, 4) is 0 Å². The van der Waals surface area contributed by atoms with E-state index in [1.807, 2.05) is 6.07 Å². The summed E-state index contributed by atoms with van der Waals surface area (Å²) in [5, 5.41) is 4.89. The second kappa shape index (κ2) is 7.35. The Morgan fingerprint density at radius 3 is 2.89 bits per heavy atom. The number of quaternary nitrogens is 1. The number of fused-ring (bicyclic) bond motifs is 2. The number of carbonyl (C=O) groups is 1. The van der Waals surface area contributed by atoms with E-state index in [-0.39, 0.29) is 5.91 Å². The summed E-state index contributed by atoms with van der Waals surface area (Å²) < 4.78 is 5.95. The van der Waals surface area contributed by atoms with Crippen LogP contribution in [0.25, 0.3) is 10.1 Å². The Morgan fingerprint density at radius 1 is 1.21 bits per heavy atom. The maximum Gasteiger partial charge on any atom is 0.228 e. The van der Waals surface area contributed by atoms with Crippen molar-refractivity contribution in [2.24, 2.45) is 0 Å². The van der Waals surface area contributed by atoms with E-state index in [0.717, 1.165) is 66.8 Å². The number of rotatable bonds is 4. The highest BCUT2D eigenvalue weighted by atomic mass is 35.5. The number of nitrogens with zero attached hydrogens (tertiary/aromatic N) is 2. The molecule has 2 N–H and O–H groups in total. The van der Waals surface area contributed by atoms with Crippen molar-refractivity contribution in [3.05, 3.63) is 52.5 Å². The minimum Gasteiger partial charge on any atom is -0.344 e. The van der Waals surface area contributed by atoms with Gasteiger partial charge in [0.15, 0.2) is 5.82 Å². The average molecular weight is 414 g/mol. The van der Waals surface area contributed by atoms with Gasteiger partial charge in [-0.1, -0.05) is 29.8 Å². The van der Waals surface area contributed by atoms with Crippen LogP contribution in [0.15, 0.2) is 36.4 Å². The topological polar surface area (TPSA) is 49.7 Å². The molecule has 1 fully saturated rings. The Hall–Kier alpha value is -2.15. The second-order valence-electron chi connectivity index (χ2n) is 7.57. The molecule has 0 aliphatic carbocycles. The van der Waals surface area contributed by atoms with E-state index in [1.165, 1.54) is 10.1 Å². The van der Waals surface area contributed by atoms with Gasteiger partial charge in [-0.2, -0.15) is 4.37 Å². The summed E-state index contributed by atoms with van der Waals surface area (Å²) in [7, 11) is 0. The number of nitrogens with one attached hydrogen (secondary N) is 2. The zero-order valence-corrected chi connectivity index (χ0v) is 17.1. The minimum absolute atomic E-state index is 0.0551. The molecule has 0 atom stereocenters. The van der Waals surface area contributed by atoms with Gasteiger partial charge < -0.3 is 15.1 Å². The standard InChI is InChI=1S/C21H21ClN4OS/c22-17-13-18-15(12-20(27)23-18)11-14(17)5-6-25-7-9-26(10-8-25)21-16-3-1-2-4-19(16)28-24-21/h1-4,11,13H,5-10,12H2,(H,23,27)/p+1. The first-order valence-electron chi connectivity index (χ1n) is 9.71. The van der Waals surface area contributed by atoms with Crippen molar-refractivity contribution < 1.29 is 9.69 Å². The maximum absolute atomic E-state index is 11.6. The van der Waals surface area contributed by atoms with Crippen molar-refractivity contribution in [1.82, 2.24) is 4.37 Å². The van der Waals surface area contributed by atoms with Crippen LogP contribution in [0.4, 0.5) is 11.5 Å². The Kier molecular flexibility index (Phi) is 4.70. The lowest BCUT2D eigenvalue weighted by Crippen LogP contribution is -3.15. The molecule has 3 aromatic rings. The van der Waals surface area contributed by atoms with Crippen LogP contribution >= 0.6 is 23.1 Å². The molecule has 0 radical (unpaired) electrons. The second-order valence-corrected chi connectivity index (χ2v) is 8.78. The summed E-state index contributed by atoms with van der Waals surface area (Å²) in [6.07, 6.45) is 1.40. The van der Waals surface area contributed by atoms with Gasteiger partial charge in [-0.15, -0.1) is 0 Å². The van der Waals surface area contributed by atoms with E-state index in [0.29, 0.717) is 6.42 Å². The third-order valence-electron chi connectivity index (χ3n) is 5.77. The normalized spacial score (nSPS) is 17.2. The third-order valence-corrected chi connectivity index (χ3v) is 6.94. The fraction of sp³-hybridized carbons (Fsp3) is 0.333. The Bertz CT molecular complexity index is 1040. The average Bonchev–Trinajstić information content (AvgIpc) is 3.29. The highest BCUT2D eigenvalue weighted by Crippen LogP contribution is 2.30. The molecule has 2 aromatic carbocycles. The summed E-state index contributed by atoms with van der Waals surface area (Å²) in [4.78, 5) is 15.6. The number of amides is 1. The Morgan fingerprint density at radius 2 is 2.04 bits per heavy atom. The van der Waals surface area contributed by atoms with Gasteiger partial charge in [0.2, 0.25) is 5.91 Å². The summed E-state index contributed by atoms with van der Waals surface area (Å²) in [6, 6.07) is 12.5. The molecule has 3 heterocycles. The van der Waals surface area contributed by atoms with Gasteiger partial charge in [-0.25, -0.2) is 0 Å². The lowest BCUT2D eigenvalue weighted by atomic mass is 10.1. The SMILES string of the molecule is O=C1Cc2cc(CC[NH+]3CCN(c4nsc5ccccc45)CC3)c(Cl)cc2N1. The predicted octanol–water partition coefficient (Wildman–Crippen LogP) is 2.39. The van der Waals surface area contributed by atoms with E-state index in [9.17, 15) is 4.79 Å². The van der Waals surface area contributed by atoms with Crippen LogP contribution in [0.1, 0.15) is 11.1 Å². The van der Waals surface area contributed by atoms with Crippen LogP contribution in [0, 0.1) is 0 Å². The van der Waals surface area contributed by atoms with Gasteiger partial charge in [-0.05, 0) is 40.9 Å². The van der Waals surface area contributed by atoms with E-state index >= 15 is 0 Å². The molecule has 0 spiro atoms. The van der Waals surface area contributed by atoms with E-state index in [4.69, 9.17) is 16.0 Å². The quantitative estimate of drug-likeness (QED) is 0.690. The molecule has 1 amide bonds. The molecule has 28 heavy (non-hydrogen) atoms. The fourth-order valence-corrected chi connectivity index (χ4v) is 5.24. The minimum atomic E-state index is 0.0551. The molecule has 7 heteroatoms. The number of halogens is 1. The molecule has 2 aliphatic heterocycles. The zero-order chi connectivity index (χ0) is 19.1. The van der Waals surface area contributed by atoms with Gasteiger partial charge in [0.05, 0.1) is 43.8 Å². The van der Waals surface area contributed by atoms with Crippen LogP contribution < -0.4 is 15.1 Å². The number of anilines is 2. The van der Waals surface area contributed by atoms with E-state index in [2.05, 4.69) is 40.5 Å². The molecule has 0 saturated carbocycles. The molecule has 5 rings (SSSR count). The Balaban J connectivity index is 1.20.